The Morgan fingerprint density at radius 2 is 1.83 bits per heavy atom. The SMILES string of the molecule is O=C(CCc1ccccc1)Nc1scc(-c2cccs2)c1C(=O)O. The molecule has 0 aliphatic heterocycles. The zero-order chi connectivity index (χ0) is 16.9. The van der Waals surface area contributed by atoms with Gasteiger partial charge in [-0.2, -0.15) is 0 Å². The van der Waals surface area contributed by atoms with Crippen LogP contribution in [0.2, 0.25) is 0 Å². The molecule has 1 aromatic carbocycles. The molecule has 2 heterocycles. The van der Waals surface area contributed by atoms with E-state index in [4.69, 9.17) is 0 Å². The van der Waals surface area contributed by atoms with Crippen molar-refractivity contribution >= 4 is 39.6 Å². The van der Waals surface area contributed by atoms with Crippen LogP contribution in [0.4, 0.5) is 5.00 Å². The molecular weight excluding hydrogens is 342 g/mol. The fourth-order valence-electron chi connectivity index (χ4n) is 2.37. The summed E-state index contributed by atoms with van der Waals surface area (Å²) in [5.74, 6) is -1.21. The summed E-state index contributed by atoms with van der Waals surface area (Å²) in [7, 11) is 0. The Morgan fingerprint density at radius 1 is 1.04 bits per heavy atom. The first kappa shape index (κ1) is 16.4. The third kappa shape index (κ3) is 3.72. The van der Waals surface area contributed by atoms with Crippen LogP contribution in [0.25, 0.3) is 10.4 Å². The van der Waals surface area contributed by atoms with E-state index in [-0.39, 0.29) is 11.5 Å². The number of carbonyl (C=O) groups excluding carboxylic acids is 1. The van der Waals surface area contributed by atoms with Gasteiger partial charge in [-0.15, -0.1) is 22.7 Å². The molecule has 1 amide bonds. The van der Waals surface area contributed by atoms with Gasteiger partial charge in [-0.3, -0.25) is 4.79 Å². The van der Waals surface area contributed by atoms with Gasteiger partial charge < -0.3 is 10.4 Å². The Bertz CT molecular complexity index is 839. The molecule has 0 bridgehead atoms. The number of aryl methyl sites for hydroxylation is 1. The van der Waals surface area contributed by atoms with Gasteiger partial charge in [-0.05, 0) is 23.4 Å². The number of aromatic carboxylic acids is 1. The molecule has 0 atom stereocenters. The highest BCUT2D eigenvalue weighted by atomic mass is 32.1. The smallest absolute Gasteiger partial charge is 0.339 e. The van der Waals surface area contributed by atoms with Gasteiger partial charge in [0.2, 0.25) is 5.91 Å². The fourth-order valence-corrected chi connectivity index (χ4v) is 4.16. The predicted molar refractivity (Wildman–Crippen MR) is 98.0 cm³/mol. The predicted octanol–water partition coefficient (Wildman–Crippen LogP) is 4.75. The largest absolute Gasteiger partial charge is 0.478 e. The van der Waals surface area contributed by atoms with Crippen molar-refractivity contribution in [1.82, 2.24) is 0 Å². The van der Waals surface area contributed by atoms with Gasteiger partial charge in [-0.1, -0.05) is 36.4 Å². The van der Waals surface area contributed by atoms with Gasteiger partial charge in [0.05, 0.1) is 0 Å². The Kier molecular flexibility index (Phi) is 5.08. The molecule has 3 aromatic rings. The van der Waals surface area contributed by atoms with Crippen molar-refractivity contribution in [2.45, 2.75) is 12.8 Å². The van der Waals surface area contributed by atoms with Crippen LogP contribution in [0.1, 0.15) is 22.3 Å². The highest BCUT2D eigenvalue weighted by molar-refractivity contribution is 7.17. The van der Waals surface area contributed by atoms with Crippen LogP contribution in [-0.2, 0) is 11.2 Å². The minimum atomic E-state index is -1.03. The van der Waals surface area contributed by atoms with Gasteiger partial charge in [0.15, 0.2) is 0 Å². The van der Waals surface area contributed by atoms with Crippen molar-refractivity contribution in [2.75, 3.05) is 5.32 Å². The zero-order valence-corrected chi connectivity index (χ0v) is 14.3. The lowest BCUT2D eigenvalue weighted by Crippen LogP contribution is -2.13. The summed E-state index contributed by atoms with van der Waals surface area (Å²) in [6, 6.07) is 13.5. The maximum absolute atomic E-state index is 12.2. The third-order valence-electron chi connectivity index (χ3n) is 3.53. The number of nitrogens with one attached hydrogen (secondary N) is 1. The van der Waals surface area contributed by atoms with Crippen molar-refractivity contribution in [1.29, 1.82) is 0 Å². The van der Waals surface area contributed by atoms with Gasteiger partial charge in [0.25, 0.3) is 0 Å². The average Bonchev–Trinajstić information content (AvgIpc) is 3.23. The summed E-state index contributed by atoms with van der Waals surface area (Å²) in [5, 5.41) is 16.3. The number of amides is 1. The van der Waals surface area contributed by atoms with Crippen molar-refractivity contribution in [3.8, 4) is 10.4 Å². The number of hydrogen-bond donors (Lipinski definition) is 2. The number of benzene rings is 1. The second-order valence-electron chi connectivity index (χ2n) is 5.17. The van der Waals surface area contributed by atoms with Gasteiger partial charge in [-0.25, -0.2) is 4.79 Å². The third-order valence-corrected chi connectivity index (χ3v) is 5.33. The molecule has 0 radical (unpaired) electrons. The Hall–Kier alpha value is -2.44. The molecule has 2 aromatic heterocycles. The zero-order valence-electron chi connectivity index (χ0n) is 12.7. The van der Waals surface area contributed by atoms with Crippen LogP contribution in [0, 0.1) is 0 Å². The first-order valence-electron chi connectivity index (χ1n) is 7.37. The number of anilines is 1. The number of carbonyl (C=O) groups is 2. The summed E-state index contributed by atoms with van der Waals surface area (Å²) in [5.41, 5.74) is 1.90. The first-order valence-corrected chi connectivity index (χ1v) is 9.13. The van der Waals surface area contributed by atoms with E-state index in [1.54, 1.807) is 5.38 Å². The van der Waals surface area contributed by atoms with E-state index in [1.807, 2.05) is 47.8 Å². The molecule has 0 aliphatic carbocycles. The van der Waals surface area contributed by atoms with Crippen molar-refractivity contribution < 1.29 is 14.7 Å². The molecule has 6 heteroatoms. The molecule has 4 nitrogen and oxygen atoms in total. The van der Waals surface area contributed by atoms with E-state index >= 15 is 0 Å². The minimum Gasteiger partial charge on any atom is -0.478 e. The Balaban J connectivity index is 1.73. The van der Waals surface area contributed by atoms with Crippen LogP contribution in [0.5, 0.6) is 0 Å². The molecule has 0 fully saturated rings. The summed E-state index contributed by atoms with van der Waals surface area (Å²) >= 11 is 2.72. The van der Waals surface area contributed by atoms with Gasteiger partial charge in [0, 0.05) is 22.2 Å². The molecule has 0 saturated heterocycles. The van der Waals surface area contributed by atoms with Crippen LogP contribution < -0.4 is 5.32 Å². The quantitative estimate of drug-likeness (QED) is 0.669. The molecule has 24 heavy (non-hydrogen) atoms. The summed E-state index contributed by atoms with van der Waals surface area (Å²) in [6.07, 6.45) is 0.938. The lowest BCUT2D eigenvalue weighted by molar-refractivity contribution is -0.116. The van der Waals surface area contributed by atoms with E-state index in [0.717, 1.165) is 10.4 Å². The van der Waals surface area contributed by atoms with E-state index in [2.05, 4.69) is 5.32 Å². The van der Waals surface area contributed by atoms with E-state index in [9.17, 15) is 14.7 Å². The molecule has 0 spiro atoms. The average molecular weight is 357 g/mol. The van der Waals surface area contributed by atoms with Gasteiger partial charge in [0.1, 0.15) is 10.6 Å². The molecular formula is C18H15NO3S2. The maximum atomic E-state index is 12.2. The van der Waals surface area contributed by atoms with Crippen molar-refractivity contribution in [2.24, 2.45) is 0 Å². The Morgan fingerprint density at radius 3 is 2.50 bits per heavy atom. The number of hydrogen-bond acceptors (Lipinski definition) is 4. The molecule has 122 valence electrons. The molecule has 0 unspecified atom stereocenters. The topological polar surface area (TPSA) is 66.4 Å². The van der Waals surface area contributed by atoms with Crippen LogP contribution in [-0.4, -0.2) is 17.0 Å². The Labute approximate surface area is 147 Å². The standard InChI is InChI=1S/C18H15NO3S2/c20-15(9-8-12-5-2-1-3-6-12)19-17-16(18(21)22)13(11-24-17)14-7-4-10-23-14/h1-7,10-11H,8-9H2,(H,19,20)(H,21,22). The molecule has 3 rings (SSSR count). The normalized spacial score (nSPS) is 10.5. The monoisotopic (exact) mass is 357 g/mol. The summed E-state index contributed by atoms with van der Waals surface area (Å²) in [4.78, 5) is 24.7. The van der Waals surface area contributed by atoms with Crippen LogP contribution in [0.3, 0.4) is 0 Å². The second kappa shape index (κ2) is 7.42. The minimum absolute atomic E-state index is 0.163. The lowest BCUT2D eigenvalue weighted by Gasteiger charge is -2.05. The number of carboxylic acid groups (broad SMARTS) is 1. The van der Waals surface area contributed by atoms with Crippen molar-refractivity contribution in [3.63, 3.8) is 0 Å². The van der Waals surface area contributed by atoms with E-state index in [0.29, 0.717) is 23.4 Å². The summed E-state index contributed by atoms with van der Waals surface area (Å²) in [6.45, 7) is 0. The van der Waals surface area contributed by atoms with Crippen LogP contribution in [0.15, 0.2) is 53.2 Å². The lowest BCUT2D eigenvalue weighted by atomic mass is 10.1. The fraction of sp³-hybridized carbons (Fsp3) is 0.111. The van der Waals surface area contributed by atoms with Crippen LogP contribution >= 0.6 is 22.7 Å². The molecule has 0 saturated carbocycles. The molecule has 0 aliphatic rings. The van der Waals surface area contributed by atoms with E-state index < -0.39 is 5.97 Å². The van der Waals surface area contributed by atoms with Crippen molar-refractivity contribution in [3.05, 3.63) is 64.4 Å². The summed E-state index contributed by atoms with van der Waals surface area (Å²) < 4.78 is 0. The second-order valence-corrected chi connectivity index (χ2v) is 7.00. The van der Waals surface area contributed by atoms with Gasteiger partial charge >= 0.3 is 5.97 Å². The number of rotatable bonds is 6. The number of thiophene rings is 2. The maximum Gasteiger partial charge on any atom is 0.339 e. The number of carboxylic acids is 1. The first-order chi connectivity index (χ1) is 11.6. The highest BCUT2D eigenvalue weighted by Crippen LogP contribution is 2.37. The highest BCUT2D eigenvalue weighted by Gasteiger charge is 2.21. The molecule has 2 N–H and O–H groups in total. The van der Waals surface area contributed by atoms with E-state index in [1.165, 1.54) is 22.7 Å².